The average Bonchev–Trinajstić information content (AvgIpc) is 3.58. The number of tetrazole rings is 1. The Kier molecular flexibility index (Phi) is 5.38. The highest BCUT2D eigenvalue weighted by molar-refractivity contribution is 6.01. The van der Waals surface area contributed by atoms with Crippen molar-refractivity contribution in [3.05, 3.63) is 71.1 Å². The number of aromatic nitrogens is 4. The molecule has 2 heterocycles. The lowest BCUT2D eigenvalue weighted by molar-refractivity contribution is -0.119. The summed E-state index contributed by atoms with van der Waals surface area (Å²) in [5, 5.41) is 8.17. The third kappa shape index (κ3) is 4.16. The van der Waals surface area contributed by atoms with Crippen LogP contribution in [0, 0.1) is 0 Å². The summed E-state index contributed by atoms with van der Waals surface area (Å²) < 4.78 is 3.06. The number of piperidine rings is 1. The van der Waals surface area contributed by atoms with Gasteiger partial charge in [-0.3, -0.25) is 14.6 Å². The van der Waals surface area contributed by atoms with Crippen LogP contribution in [0.2, 0.25) is 0 Å². The van der Waals surface area contributed by atoms with Gasteiger partial charge in [0.15, 0.2) is 0 Å². The molecule has 0 atom stereocenters. The summed E-state index contributed by atoms with van der Waals surface area (Å²) in [7, 11) is 0. The van der Waals surface area contributed by atoms with Gasteiger partial charge in [0.1, 0.15) is 0 Å². The number of anilines is 2. The van der Waals surface area contributed by atoms with Crippen LogP contribution < -0.4 is 10.6 Å². The molecule has 1 saturated carbocycles. The molecule has 0 N–H and O–H groups in total. The fraction of sp³-hybridized carbons (Fsp3) is 0.391. The number of carbonyl (C=O) groups is 1. The molecule has 8 nitrogen and oxygen atoms in total. The van der Waals surface area contributed by atoms with Gasteiger partial charge in [0.05, 0.1) is 18.6 Å². The van der Waals surface area contributed by atoms with Crippen LogP contribution in [0.4, 0.5) is 11.4 Å². The summed E-state index contributed by atoms with van der Waals surface area (Å²) >= 11 is 0. The maximum absolute atomic E-state index is 13.3. The zero-order chi connectivity index (χ0) is 21.2. The Labute approximate surface area is 180 Å². The van der Waals surface area contributed by atoms with Crippen LogP contribution >= 0.6 is 0 Å². The van der Waals surface area contributed by atoms with Crippen molar-refractivity contribution < 1.29 is 4.79 Å². The van der Waals surface area contributed by atoms with E-state index in [1.165, 1.54) is 9.36 Å². The lowest BCUT2D eigenvalue weighted by Gasteiger charge is -2.32. The van der Waals surface area contributed by atoms with Crippen LogP contribution in [-0.2, 0) is 4.79 Å². The van der Waals surface area contributed by atoms with Crippen molar-refractivity contribution in [3.63, 3.8) is 0 Å². The normalized spacial score (nSPS) is 17.5. The highest BCUT2D eigenvalue weighted by atomic mass is 16.2. The third-order valence-electron chi connectivity index (χ3n) is 6.06. The van der Waals surface area contributed by atoms with E-state index in [1.807, 2.05) is 60.7 Å². The summed E-state index contributed by atoms with van der Waals surface area (Å²) in [4.78, 5) is 29.8. The fourth-order valence-corrected chi connectivity index (χ4v) is 4.22. The Balaban J connectivity index is 1.25. The number of amides is 1. The van der Waals surface area contributed by atoms with Gasteiger partial charge in [0.2, 0.25) is 5.91 Å². The molecule has 1 aromatic heterocycles. The largest absolute Gasteiger partial charge is 0.364 e. The zero-order valence-corrected chi connectivity index (χ0v) is 17.4. The number of benzene rings is 2. The van der Waals surface area contributed by atoms with E-state index in [4.69, 9.17) is 0 Å². The molecule has 3 aromatic rings. The number of rotatable bonds is 6. The number of nitrogens with zero attached hydrogens (tertiary/aromatic N) is 6. The Hall–Kier alpha value is -3.26. The van der Waals surface area contributed by atoms with E-state index >= 15 is 0 Å². The molecule has 0 spiro atoms. The van der Waals surface area contributed by atoms with Crippen molar-refractivity contribution in [2.75, 3.05) is 24.5 Å². The van der Waals surface area contributed by atoms with Crippen LogP contribution in [-0.4, -0.2) is 50.2 Å². The second-order valence-electron chi connectivity index (χ2n) is 8.29. The monoisotopic (exact) mass is 418 g/mol. The summed E-state index contributed by atoms with van der Waals surface area (Å²) in [5.74, 6) is 0.0349. The highest BCUT2D eigenvalue weighted by Crippen LogP contribution is 2.32. The lowest BCUT2D eigenvalue weighted by atomic mass is 10.1. The highest BCUT2D eigenvalue weighted by Gasteiger charge is 2.31. The van der Waals surface area contributed by atoms with Gasteiger partial charge < -0.3 is 0 Å². The molecule has 0 radical (unpaired) electrons. The quantitative estimate of drug-likeness (QED) is 0.615. The first-order valence-corrected chi connectivity index (χ1v) is 10.9. The maximum atomic E-state index is 13.3. The molecule has 1 amide bonds. The van der Waals surface area contributed by atoms with Gasteiger partial charge in [-0.05, 0) is 60.4 Å². The number of hydrogen-bond acceptors (Lipinski definition) is 5. The first kappa shape index (κ1) is 19.7. The van der Waals surface area contributed by atoms with Gasteiger partial charge in [-0.15, -0.1) is 0 Å². The first-order chi connectivity index (χ1) is 15.2. The standard InChI is InChI=1S/C23H26N6O2/c30-22(27(18-7-3-1-4-8-18)19-9-5-2-6-10-19)17-26-15-13-21(14-16-26)29-23(31)28(24-25-29)20-11-12-20/h1-10,20-21H,11-17H2. The van der Waals surface area contributed by atoms with Gasteiger partial charge >= 0.3 is 5.69 Å². The van der Waals surface area contributed by atoms with Crippen LogP contribution in [0.15, 0.2) is 65.5 Å². The molecule has 2 fully saturated rings. The summed E-state index contributed by atoms with van der Waals surface area (Å²) in [6.45, 7) is 1.83. The predicted octanol–water partition coefficient (Wildman–Crippen LogP) is 2.78. The van der Waals surface area contributed by atoms with Crippen molar-refractivity contribution in [1.29, 1.82) is 0 Å². The van der Waals surface area contributed by atoms with Crippen molar-refractivity contribution in [2.45, 2.75) is 37.8 Å². The molecule has 2 aliphatic rings. The zero-order valence-electron chi connectivity index (χ0n) is 17.4. The van der Waals surface area contributed by atoms with Crippen molar-refractivity contribution in [3.8, 4) is 0 Å². The smallest absolute Gasteiger partial charge is 0.294 e. The molecule has 1 saturated heterocycles. The molecular weight excluding hydrogens is 392 g/mol. The predicted molar refractivity (Wildman–Crippen MR) is 117 cm³/mol. The molecule has 1 aliphatic carbocycles. The number of carbonyl (C=O) groups excluding carboxylic acids is 1. The third-order valence-corrected chi connectivity index (χ3v) is 6.06. The van der Waals surface area contributed by atoms with Crippen molar-refractivity contribution >= 4 is 17.3 Å². The molecule has 31 heavy (non-hydrogen) atoms. The molecule has 2 aromatic carbocycles. The summed E-state index contributed by atoms with van der Waals surface area (Å²) in [6, 6.07) is 19.7. The number of hydrogen-bond donors (Lipinski definition) is 0. The Bertz CT molecular complexity index is 1040. The van der Waals surface area contributed by atoms with Gasteiger partial charge in [-0.25, -0.2) is 4.79 Å². The Morgan fingerprint density at radius 3 is 1.77 bits per heavy atom. The minimum absolute atomic E-state index is 0.0349. The van der Waals surface area contributed by atoms with Crippen LogP contribution in [0.1, 0.15) is 37.8 Å². The molecule has 5 rings (SSSR count). The van der Waals surface area contributed by atoms with E-state index in [-0.39, 0.29) is 23.7 Å². The van der Waals surface area contributed by atoms with Crippen LogP contribution in [0.3, 0.4) is 0 Å². The first-order valence-electron chi connectivity index (χ1n) is 10.9. The van der Waals surface area contributed by atoms with Gasteiger partial charge in [-0.2, -0.15) is 9.36 Å². The second-order valence-corrected chi connectivity index (χ2v) is 8.29. The number of para-hydroxylation sites is 2. The molecule has 160 valence electrons. The van der Waals surface area contributed by atoms with E-state index in [0.29, 0.717) is 6.54 Å². The molecular formula is C23H26N6O2. The fourth-order valence-electron chi connectivity index (χ4n) is 4.22. The molecule has 1 aliphatic heterocycles. The van der Waals surface area contributed by atoms with Gasteiger partial charge in [0.25, 0.3) is 0 Å². The maximum Gasteiger partial charge on any atom is 0.364 e. The SMILES string of the molecule is O=C(CN1CCC(n2nnn(C3CC3)c2=O)CC1)N(c1ccccc1)c1ccccc1. The molecule has 8 heteroatoms. The van der Waals surface area contributed by atoms with E-state index in [1.54, 1.807) is 4.90 Å². The van der Waals surface area contributed by atoms with Crippen LogP contribution in [0.25, 0.3) is 0 Å². The summed E-state index contributed by atoms with van der Waals surface area (Å²) in [5.41, 5.74) is 1.62. The van der Waals surface area contributed by atoms with Gasteiger partial charge in [0, 0.05) is 24.5 Å². The van der Waals surface area contributed by atoms with Gasteiger partial charge in [-0.1, -0.05) is 36.4 Å². The summed E-state index contributed by atoms with van der Waals surface area (Å²) in [6.07, 6.45) is 3.59. The molecule has 0 unspecified atom stereocenters. The Morgan fingerprint density at radius 1 is 0.806 bits per heavy atom. The minimum atomic E-state index is -0.101. The van der Waals surface area contributed by atoms with Crippen molar-refractivity contribution in [2.24, 2.45) is 0 Å². The average molecular weight is 419 g/mol. The van der Waals surface area contributed by atoms with E-state index in [9.17, 15) is 9.59 Å². The van der Waals surface area contributed by atoms with Crippen LogP contribution in [0.5, 0.6) is 0 Å². The second kappa shape index (κ2) is 8.47. The van der Waals surface area contributed by atoms with E-state index < -0.39 is 0 Å². The minimum Gasteiger partial charge on any atom is -0.294 e. The lowest BCUT2D eigenvalue weighted by Crippen LogP contribution is -2.43. The topological polar surface area (TPSA) is 76.3 Å². The Morgan fingerprint density at radius 2 is 1.29 bits per heavy atom. The van der Waals surface area contributed by atoms with E-state index in [0.717, 1.165) is 50.1 Å². The number of likely N-dealkylation sites (tertiary alicyclic amines) is 1. The van der Waals surface area contributed by atoms with E-state index in [2.05, 4.69) is 15.3 Å². The van der Waals surface area contributed by atoms with Crippen molar-refractivity contribution in [1.82, 2.24) is 24.7 Å². The molecule has 0 bridgehead atoms.